The molecule has 0 saturated heterocycles. The van der Waals surface area contributed by atoms with Crippen molar-refractivity contribution in [2.24, 2.45) is 0 Å². The number of nitrogens with one attached hydrogen (secondary N) is 2. The lowest BCUT2D eigenvalue weighted by Gasteiger charge is -2.15. The SMILES string of the molecule is CC(C)(C)c1cc[nH]c1.CC(C)(C)c1ccn[nH]1.CC(C)n1cccn1. The van der Waals surface area contributed by atoms with Gasteiger partial charge in [-0.25, -0.2) is 0 Å². The molecular weight excluding hydrogens is 322 g/mol. The molecule has 0 radical (unpaired) electrons. The Hall–Kier alpha value is -2.30. The van der Waals surface area contributed by atoms with E-state index >= 15 is 0 Å². The van der Waals surface area contributed by atoms with Gasteiger partial charge in [-0.15, -0.1) is 0 Å². The maximum atomic E-state index is 4.03. The van der Waals surface area contributed by atoms with Crippen molar-refractivity contribution < 1.29 is 0 Å². The first-order chi connectivity index (χ1) is 12.0. The van der Waals surface area contributed by atoms with E-state index in [0.29, 0.717) is 11.5 Å². The summed E-state index contributed by atoms with van der Waals surface area (Å²) in [6.45, 7) is 17.3. The minimum Gasteiger partial charge on any atom is -0.367 e. The van der Waals surface area contributed by atoms with Gasteiger partial charge in [0.15, 0.2) is 0 Å². The van der Waals surface area contributed by atoms with Gasteiger partial charge in [0.1, 0.15) is 0 Å². The molecule has 0 spiro atoms. The lowest BCUT2D eigenvalue weighted by molar-refractivity contribution is 0.532. The van der Waals surface area contributed by atoms with Gasteiger partial charge < -0.3 is 4.98 Å². The first kappa shape index (κ1) is 21.7. The van der Waals surface area contributed by atoms with Crippen LogP contribution in [0.1, 0.15) is 72.7 Å². The molecule has 3 rings (SSSR count). The van der Waals surface area contributed by atoms with Crippen molar-refractivity contribution in [2.75, 3.05) is 0 Å². The van der Waals surface area contributed by atoms with E-state index in [9.17, 15) is 0 Å². The summed E-state index contributed by atoms with van der Waals surface area (Å²) in [5.74, 6) is 0. The predicted molar refractivity (Wildman–Crippen MR) is 109 cm³/mol. The molecule has 0 aromatic carbocycles. The summed E-state index contributed by atoms with van der Waals surface area (Å²) in [4.78, 5) is 3.04. The van der Waals surface area contributed by atoms with E-state index < -0.39 is 0 Å². The molecule has 0 unspecified atom stereocenters. The zero-order chi connectivity index (χ0) is 19.8. The number of aromatic nitrogens is 5. The van der Waals surface area contributed by atoms with Crippen molar-refractivity contribution in [3.05, 3.63) is 60.4 Å². The number of hydrogen-bond donors (Lipinski definition) is 2. The van der Waals surface area contributed by atoms with Crippen molar-refractivity contribution in [2.45, 2.75) is 72.3 Å². The Morgan fingerprint density at radius 3 is 1.88 bits per heavy atom. The highest BCUT2D eigenvalue weighted by Crippen LogP contribution is 2.20. The number of rotatable bonds is 1. The lowest BCUT2D eigenvalue weighted by atomic mass is 9.89. The standard InChI is InChI=1S/C8H13N.C7H12N2.C6H10N2/c1-8(2,3)7-4-5-9-6-7;1-7(2,3)6-4-5-8-9-6;1-6(2)8-5-3-4-7-8/h4-6,9H,1-3H3;4-5H,1-3H3,(H,8,9);3-6H,1-2H3. The Morgan fingerprint density at radius 1 is 0.962 bits per heavy atom. The van der Waals surface area contributed by atoms with Crippen LogP contribution in [-0.2, 0) is 10.8 Å². The summed E-state index contributed by atoms with van der Waals surface area (Å²) in [5, 5.41) is 10.8. The van der Waals surface area contributed by atoms with Gasteiger partial charge in [0.05, 0.1) is 0 Å². The van der Waals surface area contributed by atoms with E-state index in [4.69, 9.17) is 0 Å². The summed E-state index contributed by atoms with van der Waals surface area (Å²) in [7, 11) is 0. The second-order valence-electron chi connectivity index (χ2n) is 8.65. The first-order valence-electron chi connectivity index (χ1n) is 9.14. The average molecular weight is 358 g/mol. The third-order valence-corrected chi connectivity index (χ3v) is 3.83. The molecule has 0 amide bonds. The molecule has 0 aliphatic rings. The van der Waals surface area contributed by atoms with Gasteiger partial charge in [-0.1, -0.05) is 41.5 Å². The number of nitrogens with zero attached hydrogens (tertiary/aromatic N) is 3. The molecule has 3 aromatic rings. The molecule has 5 heteroatoms. The predicted octanol–water partition coefficient (Wildman–Crippen LogP) is 5.48. The van der Waals surface area contributed by atoms with E-state index in [-0.39, 0.29) is 5.41 Å². The van der Waals surface area contributed by atoms with Gasteiger partial charge in [0.2, 0.25) is 0 Å². The van der Waals surface area contributed by atoms with Crippen LogP contribution in [-0.4, -0.2) is 25.0 Å². The monoisotopic (exact) mass is 357 g/mol. The topological polar surface area (TPSA) is 62.3 Å². The van der Waals surface area contributed by atoms with E-state index in [1.165, 1.54) is 11.3 Å². The Bertz CT molecular complexity index is 635. The summed E-state index contributed by atoms with van der Waals surface area (Å²) < 4.78 is 1.92. The van der Waals surface area contributed by atoms with Crippen molar-refractivity contribution in [1.29, 1.82) is 0 Å². The Labute approximate surface area is 158 Å². The van der Waals surface area contributed by atoms with Gasteiger partial charge >= 0.3 is 0 Å². The minimum atomic E-state index is 0.205. The highest BCUT2D eigenvalue weighted by Gasteiger charge is 2.13. The molecule has 0 aliphatic carbocycles. The second-order valence-corrected chi connectivity index (χ2v) is 8.65. The maximum absolute atomic E-state index is 4.03. The highest BCUT2D eigenvalue weighted by molar-refractivity contribution is 5.17. The highest BCUT2D eigenvalue weighted by atomic mass is 15.3. The molecule has 0 saturated carbocycles. The fraction of sp³-hybridized carbons (Fsp3) is 0.524. The van der Waals surface area contributed by atoms with Crippen LogP contribution >= 0.6 is 0 Å². The van der Waals surface area contributed by atoms with Crippen molar-refractivity contribution >= 4 is 0 Å². The molecule has 26 heavy (non-hydrogen) atoms. The lowest BCUT2D eigenvalue weighted by Crippen LogP contribution is -2.11. The van der Waals surface area contributed by atoms with Crippen LogP contribution in [0.15, 0.2) is 49.2 Å². The van der Waals surface area contributed by atoms with Gasteiger partial charge in [-0.3, -0.25) is 9.78 Å². The molecule has 144 valence electrons. The Balaban J connectivity index is 0.000000195. The average Bonchev–Trinajstić information content (AvgIpc) is 3.28. The molecule has 3 heterocycles. The molecule has 2 N–H and O–H groups in total. The van der Waals surface area contributed by atoms with Crippen molar-refractivity contribution in [3.8, 4) is 0 Å². The van der Waals surface area contributed by atoms with Crippen LogP contribution in [0, 0.1) is 0 Å². The van der Waals surface area contributed by atoms with Crippen LogP contribution in [0.3, 0.4) is 0 Å². The summed E-state index contributed by atoms with van der Waals surface area (Å²) in [6.07, 6.45) is 9.53. The van der Waals surface area contributed by atoms with Crippen LogP contribution < -0.4 is 0 Å². The smallest absolute Gasteiger partial charge is 0.0490 e. The van der Waals surface area contributed by atoms with E-state index in [1.54, 1.807) is 12.4 Å². The van der Waals surface area contributed by atoms with Crippen molar-refractivity contribution in [3.63, 3.8) is 0 Å². The number of hydrogen-bond acceptors (Lipinski definition) is 2. The van der Waals surface area contributed by atoms with Crippen LogP contribution in [0.25, 0.3) is 0 Å². The molecule has 0 bridgehead atoms. The van der Waals surface area contributed by atoms with Gasteiger partial charge in [-0.2, -0.15) is 10.2 Å². The molecule has 5 nitrogen and oxygen atoms in total. The first-order valence-corrected chi connectivity index (χ1v) is 9.14. The summed E-state index contributed by atoms with van der Waals surface area (Å²) in [5.41, 5.74) is 3.04. The largest absolute Gasteiger partial charge is 0.367 e. The van der Waals surface area contributed by atoms with Crippen molar-refractivity contribution in [1.82, 2.24) is 25.0 Å². The second kappa shape index (κ2) is 9.41. The molecule has 0 atom stereocenters. The van der Waals surface area contributed by atoms with Gasteiger partial charge in [0, 0.05) is 48.1 Å². The normalized spacial score (nSPS) is 11.4. The molecule has 0 aliphatic heterocycles. The van der Waals surface area contributed by atoms with E-state index in [0.717, 1.165) is 0 Å². The van der Waals surface area contributed by atoms with Crippen LogP contribution in [0.4, 0.5) is 0 Å². The third kappa shape index (κ3) is 7.72. The third-order valence-electron chi connectivity index (χ3n) is 3.83. The van der Waals surface area contributed by atoms with Gasteiger partial charge in [-0.05, 0) is 43.0 Å². The number of aromatic amines is 2. The summed E-state index contributed by atoms with van der Waals surface area (Å²) in [6, 6.07) is 6.53. The van der Waals surface area contributed by atoms with Crippen LogP contribution in [0.5, 0.6) is 0 Å². The maximum Gasteiger partial charge on any atom is 0.0490 e. The molecule has 0 fully saturated rings. The van der Waals surface area contributed by atoms with E-state index in [1.807, 2.05) is 35.4 Å². The van der Waals surface area contributed by atoms with Gasteiger partial charge in [0.25, 0.3) is 0 Å². The van der Waals surface area contributed by atoms with Crippen LogP contribution in [0.2, 0.25) is 0 Å². The zero-order valence-electron chi connectivity index (χ0n) is 17.5. The van der Waals surface area contributed by atoms with E-state index in [2.05, 4.69) is 81.7 Å². The fourth-order valence-corrected chi connectivity index (χ4v) is 2.05. The fourth-order valence-electron chi connectivity index (χ4n) is 2.05. The quantitative estimate of drug-likeness (QED) is 0.605. The molecular formula is C21H35N5. The number of H-pyrrole nitrogens is 2. The minimum absolute atomic E-state index is 0.205. The zero-order valence-corrected chi connectivity index (χ0v) is 17.5. The Morgan fingerprint density at radius 2 is 1.65 bits per heavy atom. The Kier molecular flexibility index (Phi) is 7.87. The summed E-state index contributed by atoms with van der Waals surface area (Å²) >= 11 is 0. The molecule has 3 aromatic heterocycles.